The standard InChI is InChI=1S/C17H18F3N3O2/c18-17(19,20)8-15(24)21-9-14-16-13(6-7-25-14)11-23(22-16)10-12-4-2-1-3-5-12/h1-5,11,14H,6-10H2,(H,21,24). The van der Waals surface area contributed by atoms with Gasteiger partial charge in [0.15, 0.2) is 0 Å². The van der Waals surface area contributed by atoms with Crippen molar-refractivity contribution in [3.05, 3.63) is 53.3 Å². The highest BCUT2D eigenvalue weighted by Crippen LogP contribution is 2.26. The van der Waals surface area contributed by atoms with Crippen LogP contribution in [0.4, 0.5) is 13.2 Å². The van der Waals surface area contributed by atoms with E-state index in [1.807, 2.05) is 36.5 Å². The van der Waals surface area contributed by atoms with Crippen molar-refractivity contribution < 1.29 is 22.7 Å². The zero-order valence-electron chi connectivity index (χ0n) is 13.4. The van der Waals surface area contributed by atoms with Gasteiger partial charge in [0, 0.05) is 12.7 Å². The van der Waals surface area contributed by atoms with Crippen LogP contribution in [0.1, 0.15) is 29.3 Å². The molecule has 0 spiro atoms. The van der Waals surface area contributed by atoms with Crippen molar-refractivity contribution in [2.24, 2.45) is 0 Å². The number of hydrogen-bond donors (Lipinski definition) is 1. The summed E-state index contributed by atoms with van der Waals surface area (Å²) in [6.45, 7) is 1.02. The number of halogens is 3. The van der Waals surface area contributed by atoms with E-state index in [9.17, 15) is 18.0 Å². The van der Waals surface area contributed by atoms with Crippen LogP contribution in [0.5, 0.6) is 0 Å². The number of carbonyl (C=O) groups excluding carboxylic acids is 1. The number of aromatic nitrogens is 2. The zero-order chi connectivity index (χ0) is 17.9. The lowest BCUT2D eigenvalue weighted by Crippen LogP contribution is -2.34. The van der Waals surface area contributed by atoms with Crippen LogP contribution in [0.15, 0.2) is 36.5 Å². The van der Waals surface area contributed by atoms with Gasteiger partial charge in [0.25, 0.3) is 0 Å². The van der Waals surface area contributed by atoms with Crippen LogP contribution in [0.3, 0.4) is 0 Å². The Labute approximate surface area is 142 Å². The molecule has 0 bridgehead atoms. The second kappa shape index (κ2) is 7.26. The quantitative estimate of drug-likeness (QED) is 0.899. The number of alkyl halides is 3. The molecule has 134 valence electrons. The van der Waals surface area contributed by atoms with Crippen molar-refractivity contribution in [2.75, 3.05) is 13.2 Å². The molecule has 1 aromatic heterocycles. The van der Waals surface area contributed by atoms with Crippen molar-refractivity contribution in [2.45, 2.75) is 31.7 Å². The van der Waals surface area contributed by atoms with Gasteiger partial charge in [0.1, 0.15) is 12.5 Å². The summed E-state index contributed by atoms with van der Waals surface area (Å²) in [5.74, 6) is -1.06. The molecule has 0 saturated heterocycles. The number of amides is 1. The maximum atomic E-state index is 12.2. The van der Waals surface area contributed by atoms with E-state index in [1.54, 1.807) is 4.68 Å². The molecule has 3 rings (SSSR count). The monoisotopic (exact) mass is 353 g/mol. The maximum absolute atomic E-state index is 12.2. The molecular weight excluding hydrogens is 335 g/mol. The van der Waals surface area contributed by atoms with E-state index >= 15 is 0 Å². The van der Waals surface area contributed by atoms with Gasteiger partial charge in [-0.2, -0.15) is 18.3 Å². The first kappa shape index (κ1) is 17.5. The van der Waals surface area contributed by atoms with Gasteiger partial charge in [-0.25, -0.2) is 0 Å². The Morgan fingerprint density at radius 2 is 2.08 bits per heavy atom. The number of benzene rings is 1. The Balaban J connectivity index is 1.64. The summed E-state index contributed by atoms with van der Waals surface area (Å²) in [5, 5.41) is 6.77. The summed E-state index contributed by atoms with van der Waals surface area (Å²) >= 11 is 0. The predicted molar refractivity (Wildman–Crippen MR) is 83.8 cm³/mol. The normalized spacial score (nSPS) is 17.2. The molecule has 0 saturated carbocycles. The lowest BCUT2D eigenvalue weighted by atomic mass is 10.1. The largest absolute Gasteiger partial charge is 0.397 e. The summed E-state index contributed by atoms with van der Waals surface area (Å²) in [6.07, 6.45) is -3.92. The topological polar surface area (TPSA) is 56.1 Å². The lowest BCUT2D eigenvalue weighted by Gasteiger charge is -2.22. The van der Waals surface area contributed by atoms with Crippen molar-refractivity contribution in [1.82, 2.24) is 15.1 Å². The first-order chi connectivity index (χ1) is 11.9. The third-order valence-electron chi connectivity index (χ3n) is 3.90. The van der Waals surface area contributed by atoms with Crippen molar-refractivity contribution in [3.63, 3.8) is 0 Å². The van der Waals surface area contributed by atoms with Crippen molar-refractivity contribution in [3.8, 4) is 0 Å². The van der Waals surface area contributed by atoms with Crippen LogP contribution in [0.25, 0.3) is 0 Å². The third kappa shape index (κ3) is 4.82. The third-order valence-corrected chi connectivity index (χ3v) is 3.90. The molecule has 1 aliphatic heterocycles. The van der Waals surface area contributed by atoms with Crippen molar-refractivity contribution in [1.29, 1.82) is 0 Å². The van der Waals surface area contributed by atoms with Gasteiger partial charge >= 0.3 is 6.18 Å². The van der Waals surface area contributed by atoms with Crippen LogP contribution in [-0.2, 0) is 22.5 Å². The van der Waals surface area contributed by atoms with Gasteiger partial charge in [-0.1, -0.05) is 30.3 Å². The van der Waals surface area contributed by atoms with Gasteiger partial charge in [-0.05, 0) is 17.5 Å². The zero-order valence-corrected chi connectivity index (χ0v) is 13.4. The van der Waals surface area contributed by atoms with E-state index in [-0.39, 0.29) is 6.54 Å². The number of ether oxygens (including phenoxy) is 1. The van der Waals surface area contributed by atoms with Crippen LogP contribution in [0.2, 0.25) is 0 Å². The van der Waals surface area contributed by atoms with E-state index in [2.05, 4.69) is 10.4 Å². The summed E-state index contributed by atoms with van der Waals surface area (Å²) in [5.41, 5.74) is 2.77. The number of nitrogens with one attached hydrogen (secondary N) is 1. The lowest BCUT2D eigenvalue weighted by molar-refractivity contribution is -0.154. The van der Waals surface area contributed by atoms with Crippen molar-refractivity contribution >= 4 is 5.91 Å². The minimum atomic E-state index is -4.51. The average Bonchev–Trinajstić information content (AvgIpc) is 2.95. The fourth-order valence-electron chi connectivity index (χ4n) is 2.79. The molecule has 0 fully saturated rings. The van der Waals surface area contributed by atoms with Crippen LogP contribution in [-0.4, -0.2) is 35.0 Å². The molecule has 0 aliphatic carbocycles. The molecule has 8 heteroatoms. The summed E-state index contributed by atoms with van der Waals surface area (Å²) < 4.78 is 44.0. The fraction of sp³-hybridized carbons (Fsp3) is 0.412. The SMILES string of the molecule is O=C(CC(F)(F)F)NCC1OCCc2cn(Cc3ccccc3)nc21. The summed E-state index contributed by atoms with van der Waals surface area (Å²) in [6, 6.07) is 9.81. The minimum Gasteiger partial charge on any atom is -0.370 e. The second-order valence-corrected chi connectivity index (χ2v) is 5.93. The fourth-order valence-corrected chi connectivity index (χ4v) is 2.79. The summed E-state index contributed by atoms with van der Waals surface area (Å²) in [4.78, 5) is 11.3. The molecule has 5 nitrogen and oxygen atoms in total. The number of hydrogen-bond acceptors (Lipinski definition) is 3. The predicted octanol–water partition coefficient (Wildman–Crippen LogP) is 2.61. The molecule has 25 heavy (non-hydrogen) atoms. The number of rotatable bonds is 5. The molecule has 1 amide bonds. The van der Waals surface area contributed by atoms with Gasteiger partial charge in [-0.15, -0.1) is 0 Å². The molecular formula is C17H18F3N3O2. The smallest absolute Gasteiger partial charge is 0.370 e. The van der Waals surface area contributed by atoms with Gasteiger partial charge in [-0.3, -0.25) is 9.48 Å². The van der Waals surface area contributed by atoms with Gasteiger partial charge in [0.2, 0.25) is 5.91 Å². The molecule has 0 radical (unpaired) electrons. The Morgan fingerprint density at radius 3 is 2.80 bits per heavy atom. The molecule has 1 aromatic carbocycles. The van der Waals surface area contributed by atoms with E-state index in [0.29, 0.717) is 25.3 Å². The van der Waals surface area contributed by atoms with Gasteiger partial charge < -0.3 is 10.1 Å². The Kier molecular flexibility index (Phi) is 5.08. The van der Waals surface area contributed by atoms with E-state index in [4.69, 9.17) is 4.74 Å². The first-order valence-electron chi connectivity index (χ1n) is 7.96. The number of carbonyl (C=O) groups is 1. The Bertz CT molecular complexity index is 728. The van der Waals surface area contributed by atoms with Crippen LogP contribution >= 0.6 is 0 Å². The average molecular weight is 353 g/mol. The molecule has 1 N–H and O–H groups in total. The summed E-state index contributed by atoms with van der Waals surface area (Å²) in [7, 11) is 0. The van der Waals surface area contributed by atoms with E-state index in [1.165, 1.54) is 0 Å². The number of fused-ring (bicyclic) bond motifs is 1. The highest BCUT2D eigenvalue weighted by molar-refractivity contribution is 5.76. The minimum absolute atomic E-state index is 0.0235. The molecule has 1 aliphatic rings. The Hall–Kier alpha value is -2.35. The number of nitrogens with zero attached hydrogens (tertiary/aromatic N) is 2. The first-order valence-corrected chi connectivity index (χ1v) is 7.96. The van der Waals surface area contributed by atoms with Gasteiger partial charge in [0.05, 0.1) is 18.8 Å². The van der Waals surface area contributed by atoms with E-state index < -0.39 is 24.6 Å². The maximum Gasteiger partial charge on any atom is 0.397 e. The Morgan fingerprint density at radius 1 is 1.32 bits per heavy atom. The second-order valence-electron chi connectivity index (χ2n) is 5.93. The highest BCUT2D eigenvalue weighted by atomic mass is 19.4. The van der Waals surface area contributed by atoms with Crippen LogP contribution < -0.4 is 5.32 Å². The molecule has 2 aromatic rings. The molecule has 1 unspecified atom stereocenters. The van der Waals surface area contributed by atoms with Crippen LogP contribution in [0, 0.1) is 0 Å². The molecule has 2 heterocycles. The van der Waals surface area contributed by atoms with E-state index in [0.717, 1.165) is 11.1 Å². The molecule has 1 atom stereocenters. The highest BCUT2D eigenvalue weighted by Gasteiger charge is 2.32.